The lowest BCUT2D eigenvalue weighted by atomic mass is 9.34. The van der Waals surface area contributed by atoms with Gasteiger partial charge in [-0.1, -0.05) is 228 Å². The second-order valence-electron chi connectivity index (χ2n) is 31.1. The molecule has 0 N–H and O–H groups in total. The normalized spacial score (nSPS) is 14.9. The highest BCUT2D eigenvalue weighted by atomic mass is 28.3. The molecule has 0 saturated heterocycles. The van der Waals surface area contributed by atoms with Crippen LogP contribution in [-0.4, -0.2) is 28.5 Å². The maximum absolute atomic E-state index is 3.21. The van der Waals surface area contributed by atoms with Gasteiger partial charge in [0.15, 0.2) is 8.07 Å². The van der Waals surface area contributed by atoms with Crippen LogP contribution >= 0.6 is 0 Å². The Morgan fingerprint density at radius 1 is 0.369 bits per heavy atom. The van der Waals surface area contributed by atoms with Crippen molar-refractivity contribution in [3.05, 3.63) is 178 Å². The highest BCUT2D eigenvalue weighted by molar-refractivity contribution is 7.24. The minimum absolute atomic E-state index is 0.0454. The molecule has 0 radical (unpaired) electrons. The van der Waals surface area contributed by atoms with Crippen molar-refractivity contribution >= 4 is 117 Å². The van der Waals surface area contributed by atoms with E-state index in [1.807, 2.05) is 0 Å². The summed E-state index contributed by atoms with van der Waals surface area (Å²) in [6.45, 7) is 43.4. The van der Waals surface area contributed by atoms with Gasteiger partial charge in [-0.25, -0.2) is 0 Å². The van der Waals surface area contributed by atoms with E-state index in [1.165, 1.54) is 154 Å². The van der Waals surface area contributed by atoms with Crippen molar-refractivity contribution in [3.63, 3.8) is 0 Å². The SMILES string of the molecule is CC(C)c1cc(C(C)C)c(-n2c3ccccc3c3c4c5ccccc5n5c4c(cc32)B2c3c-5ccc4c3-n3c5c2cc(C(C)(C)C)cc5c2cc(C(C)(C)C)cc(c23)[Si]42c3cc(C(C)(C)C)ccc3-c3ccc(C(C)(C)C)cc32)c(C(C)C)c1. The van der Waals surface area contributed by atoms with Gasteiger partial charge in [0.25, 0.3) is 6.71 Å². The molecule has 1 spiro atoms. The van der Waals surface area contributed by atoms with E-state index in [2.05, 4.69) is 278 Å². The molecule has 9 aromatic carbocycles. The summed E-state index contributed by atoms with van der Waals surface area (Å²) in [5.41, 5.74) is 28.8. The molecule has 0 bridgehead atoms. The predicted octanol–water partition coefficient (Wildman–Crippen LogP) is 16.4. The van der Waals surface area contributed by atoms with E-state index in [1.54, 1.807) is 15.6 Å². The maximum atomic E-state index is 2.86. The van der Waals surface area contributed by atoms with Crippen molar-refractivity contribution in [2.75, 3.05) is 0 Å². The van der Waals surface area contributed by atoms with Gasteiger partial charge >= 0.3 is 0 Å². The molecule has 12 aromatic rings. The fourth-order valence-corrected chi connectivity index (χ4v) is 22.1. The van der Waals surface area contributed by atoms with Gasteiger partial charge in [0.05, 0.1) is 33.3 Å². The Morgan fingerprint density at radius 3 is 1.42 bits per heavy atom. The van der Waals surface area contributed by atoms with Crippen LogP contribution in [-0.2, 0) is 21.7 Å². The number of fused-ring (bicyclic) bond motifs is 18. The van der Waals surface area contributed by atoms with E-state index >= 15 is 0 Å². The first kappa shape index (κ1) is 52.2. The van der Waals surface area contributed by atoms with Crippen LogP contribution in [0.2, 0.25) is 0 Å². The molecule has 4 aliphatic heterocycles. The van der Waals surface area contributed by atoms with Gasteiger partial charge in [-0.3, -0.25) is 0 Å². The molecule has 4 aliphatic rings. The third-order valence-electron chi connectivity index (χ3n) is 20.9. The monoisotopic (exact) mass is 1110 g/mol. The summed E-state index contributed by atoms with van der Waals surface area (Å²) in [7, 11) is -3.21. The van der Waals surface area contributed by atoms with Crippen LogP contribution in [0.15, 0.2) is 140 Å². The van der Waals surface area contributed by atoms with Crippen LogP contribution in [0.1, 0.15) is 181 Å². The Bertz CT molecular complexity index is 4880. The second-order valence-corrected chi connectivity index (χ2v) is 34.8. The smallest absolute Gasteiger partial charge is 0.252 e. The van der Waals surface area contributed by atoms with E-state index in [0.29, 0.717) is 17.8 Å². The van der Waals surface area contributed by atoms with Crippen molar-refractivity contribution in [2.24, 2.45) is 0 Å². The molecule has 0 aliphatic carbocycles. The standard InChI is InChI=1S/C79H80BN3Si/c1-42(2)45-33-54(43(3)4)71(55(34-45)44(5)6)82-60-25-21-19-23-52(60)68-63(82)41-59-74-69(68)53-24-20-22-26-61(53)81(74)62-31-32-64-75-70(62)80(59)58-37-48(78(13,14)15)35-56-57-36-49(79(16,17)18)40-67(73(57)83(75)72(56)58)84(64)65-38-46(76(7,8)9)27-29-50(65)51-30-28-47(39-66(51)84)77(10,11)12/h19-44H,1-18H3. The molecule has 3 aromatic heterocycles. The predicted molar refractivity (Wildman–Crippen MR) is 367 cm³/mol. The number of nitrogens with zero attached hydrogens (tertiary/aromatic N) is 3. The van der Waals surface area contributed by atoms with Crippen LogP contribution < -0.4 is 37.1 Å². The van der Waals surface area contributed by atoms with Crippen molar-refractivity contribution in [3.8, 4) is 28.2 Å². The van der Waals surface area contributed by atoms with Crippen molar-refractivity contribution < 1.29 is 0 Å². The number of benzene rings is 9. The van der Waals surface area contributed by atoms with Crippen molar-refractivity contribution in [1.29, 1.82) is 0 Å². The van der Waals surface area contributed by atoms with Crippen molar-refractivity contribution in [1.82, 2.24) is 13.7 Å². The lowest BCUT2D eigenvalue weighted by Gasteiger charge is -2.43. The summed E-state index contributed by atoms with van der Waals surface area (Å²) in [5, 5.41) is 14.3. The molecular formula is C79H80BN3Si. The molecule has 7 heterocycles. The number of hydrogen-bond acceptors (Lipinski definition) is 0. The van der Waals surface area contributed by atoms with Gasteiger partial charge in [0.2, 0.25) is 0 Å². The Balaban J connectivity index is 1.16. The van der Waals surface area contributed by atoms with E-state index in [0.717, 1.165) is 0 Å². The Kier molecular flexibility index (Phi) is 10.3. The zero-order chi connectivity index (χ0) is 58.7. The molecule has 16 rings (SSSR count). The molecule has 0 fully saturated rings. The fourth-order valence-electron chi connectivity index (χ4n) is 16.5. The summed E-state index contributed by atoms with van der Waals surface area (Å²) >= 11 is 0. The molecule has 418 valence electrons. The molecule has 84 heavy (non-hydrogen) atoms. The van der Waals surface area contributed by atoms with Crippen LogP contribution in [0.4, 0.5) is 0 Å². The van der Waals surface area contributed by atoms with Gasteiger partial charge in [-0.2, -0.15) is 0 Å². The number of para-hydroxylation sites is 2. The first-order chi connectivity index (χ1) is 39.7. The van der Waals surface area contributed by atoms with E-state index in [4.69, 9.17) is 0 Å². The molecular weight excluding hydrogens is 1030 g/mol. The third kappa shape index (κ3) is 6.50. The molecule has 0 atom stereocenters. The Morgan fingerprint density at radius 2 is 0.869 bits per heavy atom. The largest absolute Gasteiger partial charge is 0.310 e. The molecule has 0 amide bonds. The fraction of sp³-hybridized carbons (Fsp3) is 0.316. The zero-order valence-corrected chi connectivity index (χ0v) is 53.9. The summed E-state index contributed by atoms with van der Waals surface area (Å²) in [6, 6.07) is 58.0. The highest BCUT2D eigenvalue weighted by Gasteiger charge is 2.57. The zero-order valence-electron chi connectivity index (χ0n) is 52.9. The first-order valence-electron chi connectivity index (χ1n) is 31.5. The van der Waals surface area contributed by atoms with E-state index < -0.39 is 8.07 Å². The number of aromatic nitrogens is 3. The summed E-state index contributed by atoms with van der Waals surface area (Å²) in [6.07, 6.45) is 0. The minimum Gasteiger partial charge on any atom is -0.310 e. The highest BCUT2D eigenvalue weighted by Crippen LogP contribution is 2.49. The van der Waals surface area contributed by atoms with E-state index in [-0.39, 0.29) is 28.4 Å². The van der Waals surface area contributed by atoms with E-state index in [9.17, 15) is 0 Å². The summed E-state index contributed by atoms with van der Waals surface area (Å²) < 4.78 is 8.34. The van der Waals surface area contributed by atoms with Crippen LogP contribution in [0.5, 0.6) is 0 Å². The minimum atomic E-state index is -3.21. The molecule has 0 saturated carbocycles. The third-order valence-corrected chi connectivity index (χ3v) is 25.7. The van der Waals surface area contributed by atoms with Crippen molar-refractivity contribution in [2.45, 2.75) is 164 Å². The summed E-state index contributed by atoms with van der Waals surface area (Å²) in [4.78, 5) is 0. The van der Waals surface area contributed by atoms with Crippen LogP contribution in [0, 0.1) is 0 Å². The van der Waals surface area contributed by atoms with Gasteiger partial charge < -0.3 is 13.7 Å². The lowest BCUT2D eigenvalue weighted by molar-refractivity contribution is 0.590. The van der Waals surface area contributed by atoms with Crippen LogP contribution in [0.3, 0.4) is 0 Å². The molecule has 3 nitrogen and oxygen atoms in total. The topological polar surface area (TPSA) is 14.8 Å². The first-order valence-corrected chi connectivity index (χ1v) is 33.5. The lowest BCUT2D eigenvalue weighted by Crippen LogP contribution is -2.77. The Labute approximate surface area is 498 Å². The van der Waals surface area contributed by atoms with Gasteiger partial charge in [0, 0.05) is 49.2 Å². The second kappa shape index (κ2) is 16.5. The Hall–Kier alpha value is -7.34. The molecule has 5 heteroatoms. The molecule has 0 unspecified atom stereocenters. The van der Waals surface area contributed by atoms with Gasteiger partial charge in [0.1, 0.15) is 0 Å². The summed E-state index contributed by atoms with van der Waals surface area (Å²) in [5.74, 6) is 1.04. The maximum Gasteiger partial charge on any atom is 0.252 e. The average molecular weight is 1110 g/mol. The number of rotatable bonds is 4. The van der Waals surface area contributed by atoms with Gasteiger partial charge in [-0.05, 0) is 163 Å². The quantitative estimate of drug-likeness (QED) is 0.156. The average Bonchev–Trinajstić information content (AvgIpc) is 1.42. The van der Waals surface area contributed by atoms with Gasteiger partial charge in [-0.15, -0.1) is 0 Å². The van der Waals surface area contributed by atoms with Crippen LogP contribution in [0.25, 0.3) is 93.6 Å². The number of hydrogen-bond donors (Lipinski definition) is 0.